The van der Waals surface area contributed by atoms with Crippen LogP contribution in [0.15, 0.2) is 53.4 Å². The molecular formula is C20H22FN3O4S. The van der Waals surface area contributed by atoms with Gasteiger partial charge >= 0.3 is 0 Å². The van der Waals surface area contributed by atoms with Gasteiger partial charge in [0.2, 0.25) is 21.8 Å². The van der Waals surface area contributed by atoms with Crippen LogP contribution in [0.1, 0.15) is 12.0 Å². The van der Waals surface area contributed by atoms with Crippen LogP contribution in [0, 0.1) is 18.7 Å². The maximum Gasteiger partial charge on any atom is 0.240 e. The molecule has 0 saturated carbocycles. The van der Waals surface area contributed by atoms with Crippen molar-refractivity contribution in [3.8, 4) is 0 Å². The molecule has 29 heavy (non-hydrogen) atoms. The van der Waals surface area contributed by atoms with Crippen LogP contribution in [0.3, 0.4) is 0 Å². The first-order valence-corrected chi connectivity index (χ1v) is 10.6. The highest BCUT2D eigenvalue weighted by atomic mass is 32.2. The summed E-state index contributed by atoms with van der Waals surface area (Å²) in [5, 5.41) is 2.63. The average molecular weight is 419 g/mol. The Morgan fingerprint density at radius 1 is 1.14 bits per heavy atom. The highest BCUT2D eigenvalue weighted by Crippen LogP contribution is 2.27. The molecule has 1 atom stereocenters. The molecule has 2 amide bonds. The minimum absolute atomic E-state index is 0.0135. The van der Waals surface area contributed by atoms with Crippen LogP contribution in [-0.2, 0) is 19.6 Å². The fourth-order valence-corrected chi connectivity index (χ4v) is 4.13. The van der Waals surface area contributed by atoms with Crippen molar-refractivity contribution >= 4 is 27.5 Å². The second-order valence-corrected chi connectivity index (χ2v) is 8.63. The highest BCUT2D eigenvalue weighted by Gasteiger charge is 2.35. The molecule has 0 aliphatic carbocycles. The molecular weight excluding hydrogens is 397 g/mol. The van der Waals surface area contributed by atoms with Crippen molar-refractivity contribution < 1.29 is 22.4 Å². The van der Waals surface area contributed by atoms with E-state index in [2.05, 4.69) is 10.0 Å². The molecule has 2 aromatic carbocycles. The number of nitrogens with one attached hydrogen (secondary N) is 2. The Morgan fingerprint density at radius 2 is 1.83 bits per heavy atom. The van der Waals surface area contributed by atoms with Crippen LogP contribution in [0.2, 0.25) is 0 Å². The second kappa shape index (κ2) is 8.71. The van der Waals surface area contributed by atoms with E-state index < -0.39 is 21.8 Å². The number of anilines is 1. The Kier molecular flexibility index (Phi) is 6.29. The third-order valence-electron chi connectivity index (χ3n) is 4.69. The highest BCUT2D eigenvalue weighted by molar-refractivity contribution is 7.89. The van der Waals surface area contributed by atoms with Crippen LogP contribution in [0.25, 0.3) is 0 Å². The smallest absolute Gasteiger partial charge is 0.240 e. The Bertz CT molecular complexity index is 1010. The monoisotopic (exact) mass is 419 g/mol. The van der Waals surface area contributed by atoms with E-state index in [0.717, 1.165) is 5.56 Å². The number of halogens is 1. The van der Waals surface area contributed by atoms with Gasteiger partial charge in [-0.2, -0.15) is 0 Å². The summed E-state index contributed by atoms with van der Waals surface area (Å²) in [6.07, 6.45) is -0.0186. The first kappa shape index (κ1) is 20.9. The summed E-state index contributed by atoms with van der Waals surface area (Å²) < 4.78 is 40.7. The first-order chi connectivity index (χ1) is 13.8. The van der Waals surface area contributed by atoms with Crippen LogP contribution < -0.4 is 14.9 Å². The number of nitrogens with zero attached hydrogens (tertiary/aromatic N) is 1. The van der Waals surface area contributed by atoms with E-state index in [0.29, 0.717) is 0 Å². The number of rotatable bonds is 7. The van der Waals surface area contributed by atoms with Crippen LogP contribution in [0.5, 0.6) is 0 Å². The van der Waals surface area contributed by atoms with Gasteiger partial charge in [-0.05, 0) is 31.2 Å². The normalized spacial score (nSPS) is 16.8. The van der Waals surface area contributed by atoms with Crippen molar-refractivity contribution in [2.24, 2.45) is 5.92 Å². The Morgan fingerprint density at radius 3 is 2.52 bits per heavy atom. The minimum atomic E-state index is -3.66. The van der Waals surface area contributed by atoms with Gasteiger partial charge in [-0.1, -0.05) is 29.8 Å². The van der Waals surface area contributed by atoms with Gasteiger partial charge in [0.05, 0.1) is 16.5 Å². The molecule has 2 aromatic rings. The molecule has 0 radical (unpaired) electrons. The number of carbonyl (C=O) groups is 2. The molecule has 1 heterocycles. The second-order valence-electron chi connectivity index (χ2n) is 6.86. The number of hydrogen-bond acceptors (Lipinski definition) is 4. The van der Waals surface area contributed by atoms with Crippen molar-refractivity contribution in [1.82, 2.24) is 10.0 Å². The van der Waals surface area contributed by atoms with Gasteiger partial charge in [-0.25, -0.2) is 17.5 Å². The average Bonchev–Trinajstić information content (AvgIpc) is 3.07. The molecule has 1 aliphatic heterocycles. The maximum atomic E-state index is 13.9. The topological polar surface area (TPSA) is 95.6 Å². The molecule has 1 saturated heterocycles. The summed E-state index contributed by atoms with van der Waals surface area (Å²) in [6.45, 7) is 2.04. The van der Waals surface area contributed by atoms with E-state index in [1.54, 1.807) is 18.2 Å². The zero-order chi connectivity index (χ0) is 21.0. The molecule has 0 unspecified atom stereocenters. The molecule has 9 heteroatoms. The van der Waals surface area contributed by atoms with Crippen molar-refractivity contribution in [1.29, 1.82) is 0 Å². The lowest BCUT2D eigenvalue weighted by molar-refractivity contribution is -0.126. The van der Waals surface area contributed by atoms with Gasteiger partial charge in [-0.15, -0.1) is 0 Å². The third kappa shape index (κ3) is 4.99. The predicted molar refractivity (Wildman–Crippen MR) is 106 cm³/mol. The van der Waals surface area contributed by atoms with Gasteiger partial charge in [0.15, 0.2) is 0 Å². The first-order valence-electron chi connectivity index (χ1n) is 9.17. The Hall–Kier alpha value is -2.78. The third-order valence-corrected chi connectivity index (χ3v) is 6.16. The molecule has 0 aromatic heterocycles. The largest absolute Gasteiger partial charge is 0.354 e. The number of amides is 2. The lowest BCUT2D eigenvalue weighted by Gasteiger charge is -2.17. The summed E-state index contributed by atoms with van der Waals surface area (Å²) in [5.74, 6) is -1.83. The molecule has 7 nitrogen and oxygen atoms in total. The molecule has 1 fully saturated rings. The van der Waals surface area contributed by atoms with E-state index in [4.69, 9.17) is 0 Å². The van der Waals surface area contributed by atoms with Gasteiger partial charge in [0.25, 0.3) is 0 Å². The van der Waals surface area contributed by atoms with Crippen molar-refractivity contribution in [3.05, 3.63) is 59.9 Å². The Labute approximate surface area is 169 Å². The zero-order valence-electron chi connectivity index (χ0n) is 15.9. The zero-order valence-corrected chi connectivity index (χ0v) is 16.7. The molecule has 2 N–H and O–H groups in total. The van der Waals surface area contributed by atoms with Gasteiger partial charge in [0, 0.05) is 26.1 Å². The van der Waals surface area contributed by atoms with Gasteiger partial charge in [0.1, 0.15) is 5.82 Å². The maximum absolute atomic E-state index is 13.9. The molecule has 3 rings (SSSR count). The van der Waals surface area contributed by atoms with Crippen molar-refractivity contribution in [2.45, 2.75) is 18.2 Å². The van der Waals surface area contributed by atoms with Gasteiger partial charge < -0.3 is 10.2 Å². The van der Waals surface area contributed by atoms with Crippen LogP contribution >= 0.6 is 0 Å². The van der Waals surface area contributed by atoms with Crippen molar-refractivity contribution in [2.75, 3.05) is 24.5 Å². The number of hydrogen-bond donors (Lipinski definition) is 2. The summed E-state index contributed by atoms with van der Waals surface area (Å²) >= 11 is 0. The van der Waals surface area contributed by atoms with Crippen molar-refractivity contribution in [3.63, 3.8) is 0 Å². The SMILES string of the molecule is Cc1ccc(S(=O)(=O)NCCNC(=O)[C@H]2CC(=O)N(c3ccccc3F)C2)cc1. The molecule has 0 bridgehead atoms. The lowest BCUT2D eigenvalue weighted by atomic mass is 10.1. The number of benzene rings is 2. The molecule has 1 aliphatic rings. The predicted octanol–water partition coefficient (Wildman–Crippen LogP) is 1.58. The van der Waals surface area contributed by atoms with E-state index in [1.807, 2.05) is 6.92 Å². The number of carbonyl (C=O) groups excluding carboxylic acids is 2. The standard InChI is InChI=1S/C20H22FN3O4S/c1-14-6-8-16(9-7-14)29(27,28)23-11-10-22-20(26)15-12-19(25)24(13-15)18-5-3-2-4-17(18)21/h2-9,15,23H,10-13H2,1H3,(H,22,26)/t15-/m0/s1. The Balaban J connectivity index is 1.49. The number of sulfonamides is 1. The minimum Gasteiger partial charge on any atom is -0.354 e. The molecule has 154 valence electrons. The summed E-state index contributed by atoms with van der Waals surface area (Å²) in [4.78, 5) is 25.9. The fraction of sp³-hybridized carbons (Fsp3) is 0.300. The fourth-order valence-electron chi connectivity index (χ4n) is 3.10. The van der Waals surface area contributed by atoms with E-state index in [9.17, 15) is 22.4 Å². The quantitative estimate of drug-likeness (QED) is 0.666. The number of para-hydroxylation sites is 1. The van der Waals surface area contributed by atoms with Crippen LogP contribution in [-0.4, -0.2) is 39.9 Å². The van der Waals surface area contributed by atoms with E-state index >= 15 is 0 Å². The number of aryl methyl sites for hydroxylation is 1. The van der Waals surface area contributed by atoms with Crippen LogP contribution in [0.4, 0.5) is 10.1 Å². The lowest BCUT2D eigenvalue weighted by Crippen LogP contribution is -2.38. The van der Waals surface area contributed by atoms with E-state index in [1.165, 1.54) is 35.2 Å². The van der Waals surface area contributed by atoms with E-state index in [-0.39, 0.29) is 48.5 Å². The summed E-state index contributed by atoms with van der Waals surface area (Å²) in [6, 6.07) is 12.3. The summed E-state index contributed by atoms with van der Waals surface area (Å²) in [5.41, 5.74) is 1.10. The molecule has 0 spiro atoms. The summed E-state index contributed by atoms with van der Waals surface area (Å²) in [7, 11) is -3.66. The van der Waals surface area contributed by atoms with Gasteiger partial charge in [-0.3, -0.25) is 9.59 Å².